The van der Waals surface area contributed by atoms with Crippen LogP contribution in [0.5, 0.6) is 0 Å². The Morgan fingerprint density at radius 1 is 1.50 bits per heavy atom. The van der Waals surface area contributed by atoms with Crippen LogP contribution in [0.25, 0.3) is 0 Å². The zero-order valence-corrected chi connectivity index (χ0v) is 9.86. The first-order chi connectivity index (χ1) is 7.67. The summed E-state index contributed by atoms with van der Waals surface area (Å²) in [7, 11) is 1.98. The number of nitriles is 1. The van der Waals surface area contributed by atoms with E-state index in [0.29, 0.717) is 11.6 Å². The Kier molecular flexibility index (Phi) is 2.71. The van der Waals surface area contributed by atoms with Crippen LogP contribution in [0.4, 0.5) is 11.4 Å². The molecule has 2 rings (SSSR count). The monoisotopic (exact) mass is 216 g/mol. The second kappa shape index (κ2) is 4.03. The van der Waals surface area contributed by atoms with Crippen molar-refractivity contribution >= 4 is 11.4 Å². The smallest absolute Gasteiger partial charge is 0.0992 e. The molecule has 16 heavy (non-hydrogen) atoms. The van der Waals surface area contributed by atoms with Crippen LogP contribution in [0.3, 0.4) is 0 Å². The van der Waals surface area contributed by atoms with Crippen LogP contribution in [-0.2, 0) is 0 Å². The van der Waals surface area contributed by atoms with Gasteiger partial charge in [-0.2, -0.15) is 5.26 Å². The number of rotatable bonds is 2. The lowest BCUT2D eigenvalue weighted by atomic mass is 10.1. The molecule has 4 heteroatoms. The maximum Gasteiger partial charge on any atom is 0.0992 e. The van der Waals surface area contributed by atoms with E-state index in [0.717, 1.165) is 17.8 Å². The van der Waals surface area contributed by atoms with Gasteiger partial charge in [0.2, 0.25) is 0 Å². The van der Waals surface area contributed by atoms with Crippen molar-refractivity contribution in [3.63, 3.8) is 0 Å². The number of hydrogen-bond donors (Lipinski definition) is 1. The molecule has 0 radical (unpaired) electrons. The van der Waals surface area contributed by atoms with Gasteiger partial charge >= 0.3 is 0 Å². The van der Waals surface area contributed by atoms with Crippen molar-refractivity contribution in [3.8, 4) is 6.07 Å². The van der Waals surface area contributed by atoms with E-state index < -0.39 is 0 Å². The minimum Gasteiger partial charge on any atom is -0.299 e. The molecule has 1 aliphatic heterocycles. The molecule has 4 nitrogen and oxygen atoms in total. The predicted octanol–water partition coefficient (Wildman–Crippen LogP) is 2.35. The van der Waals surface area contributed by atoms with Crippen molar-refractivity contribution in [2.24, 2.45) is 0 Å². The molecule has 0 aromatic heterocycles. The van der Waals surface area contributed by atoms with Gasteiger partial charge in [-0.15, -0.1) is 5.12 Å². The van der Waals surface area contributed by atoms with Gasteiger partial charge in [-0.25, -0.2) is 0 Å². The normalized spacial score (nSPS) is 16.5. The lowest BCUT2D eigenvalue weighted by Gasteiger charge is -2.31. The molecule has 1 heterocycles. The van der Waals surface area contributed by atoms with Gasteiger partial charge in [0.25, 0.3) is 0 Å². The zero-order chi connectivity index (χ0) is 11.7. The number of fused-ring (bicyclic) bond motifs is 1. The van der Waals surface area contributed by atoms with Gasteiger partial charge in [0.1, 0.15) is 0 Å². The van der Waals surface area contributed by atoms with Crippen molar-refractivity contribution in [1.29, 1.82) is 5.26 Å². The van der Waals surface area contributed by atoms with Crippen LogP contribution < -0.4 is 10.4 Å². The van der Waals surface area contributed by atoms with Gasteiger partial charge in [-0.3, -0.25) is 10.4 Å². The minimum absolute atomic E-state index is 0.437. The van der Waals surface area contributed by atoms with E-state index in [1.165, 1.54) is 0 Å². The molecular formula is C12H16N4. The highest BCUT2D eigenvalue weighted by Crippen LogP contribution is 2.35. The summed E-state index contributed by atoms with van der Waals surface area (Å²) in [6, 6.07) is 8.33. The van der Waals surface area contributed by atoms with E-state index in [1.54, 1.807) is 0 Å². The molecule has 0 bridgehead atoms. The number of nitrogens with zero attached hydrogens (tertiary/aromatic N) is 3. The van der Waals surface area contributed by atoms with Gasteiger partial charge in [0.05, 0.1) is 23.0 Å². The lowest BCUT2D eigenvalue weighted by Crippen LogP contribution is -2.43. The highest BCUT2D eigenvalue weighted by Gasteiger charge is 2.27. The molecule has 1 aromatic carbocycles. The summed E-state index contributed by atoms with van der Waals surface area (Å²) in [6.45, 7) is 4.35. The highest BCUT2D eigenvalue weighted by atomic mass is 15.8. The summed E-state index contributed by atoms with van der Waals surface area (Å²) in [6.07, 6.45) is 1.07. The molecule has 1 atom stereocenters. The predicted molar refractivity (Wildman–Crippen MR) is 64.8 cm³/mol. The van der Waals surface area contributed by atoms with Gasteiger partial charge in [-0.1, -0.05) is 6.92 Å². The second-order valence-corrected chi connectivity index (χ2v) is 4.08. The van der Waals surface area contributed by atoms with E-state index in [4.69, 9.17) is 5.26 Å². The Labute approximate surface area is 96.0 Å². The average Bonchev–Trinajstić information content (AvgIpc) is 2.62. The largest absolute Gasteiger partial charge is 0.299 e. The van der Waals surface area contributed by atoms with Crippen molar-refractivity contribution < 1.29 is 0 Å². The van der Waals surface area contributed by atoms with Crippen LogP contribution in [0.1, 0.15) is 25.8 Å². The fourth-order valence-electron chi connectivity index (χ4n) is 1.99. The summed E-state index contributed by atoms with van der Waals surface area (Å²) >= 11 is 0. The third kappa shape index (κ3) is 1.59. The molecule has 0 saturated carbocycles. The van der Waals surface area contributed by atoms with E-state index in [9.17, 15) is 0 Å². The highest BCUT2D eigenvalue weighted by molar-refractivity contribution is 5.74. The van der Waals surface area contributed by atoms with Gasteiger partial charge < -0.3 is 0 Å². The Hall–Kier alpha value is -1.73. The molecule has 0 saturated heterocycles. The van der Waals surface area contributed by atoms with Crippen molar-refractivity contribution in [3.05, 3.63) is 23.8 Å². The first kappa shape index (κ1) is 10.8. The number of hydrogen-bond acceptors (Lipinski definition) is 4. The minimum atomic E-state index is 0.437. The topological polar surface area (TPSA) is 42.3 Å². The van der Waals surface area contributed by atoms with E-state index >= 15 is 0 Å². The third-order valence-electron chi connectivity index (χ3n) is 2.99. The maximum absolute atomic E-state index is 8.85. The quantitative estimate of drug-likeness (QED) is 0.824. The van der Waals surface area contributed by atoms with Crippen LogP contribution in [-0.4, -0.2) is 18.2 Å². The van der Waals surface area contributed by atoms with E-state index in [2.05, 4.69) is 30.4 Å². The lowest BCUT2D eigenvalue weighted by molar-refractivity contribution is 0.342. The maximum atomic E-state index is 8.85. The van der Waals surface area contributed by atoms with Crippen molar-refractivity contribution in [1.82, 2.24) is 5.12 Å². The fraction of sp³-hybridized carbons (Fsp3) is 0.417. The standard InChI is InChI=1S/C12H16N4/c1-4-9(2)16-12-6-5-10(8-13)7-11(12)14-15(16)3/h5-7,9,14H,4H2,1-3H3. The molecule has 0 aliphatic carbocycles. The van der Waals surface area contributed by atoms with E-state index in [1.807, 2.05) is 30.4 Å². The number of nitrogens with one attached hydrogen (secondary N) is 1. The number of anilines is 2. The molecule has 84 valence electrons. The molecule has 0 fully saturated rings. The summed E-state index contributed by atoms with van der Waals surface area (Å²) in [4.78, 5) is 0. The SMILES string of the molecule is CCC(C)N1c2ccc(C#N)cc2NN1C. The summed E-state index contributed by atoms with van der Waals surface area (Å²) in [5, 5.41) is 13.0. The van der Waals surface area contributed by atoms with Gasteiger partial charge in [0.15, 0.2) is 0 Å². The Morgan fingerprint density at radius 3 is 2.88 bits per heavy atom. The van der Waals surface area contributed by atoms with Crippen molar-refractivity contribution in [2.75, 3.05) is 17.5 Å². The first-order valence-corrected chi connectivity index (χ1v) is 5.51. The third-order valence-corrected chi connectivity index (χ3v) is 2.99. The zero-order valence-electron chi connectivity index (χ0n) is 9.86. The van der Waals surface area contributed by atoms with Crippen LogP contribution in [0.15, 0.2) is 18.2 Å². The van der Waals surface area contributed by atoms with Crippen molar-refractivity contribution in [2.45, 2.75) is 26.3 Å². The molecule has 1 N–H and O–H groups in total. The van der Waals surface area contributed by atoms with Gasteiger partial charge in [-0.05, 0) is 31.5 Å². The van der Waals surface area contributed by atoms with E-state index in [-0.39, 0.29) is 0 Å². The summed E-state index contributed by atoms with van der Waals surface area (Å²) in [5.41, 5.74) is 6.07. The fourth-order valence-corrected chi connectivity index (χ4v) is 1.99. The number of benzene rings is 1. The molecular weight excluding hydrogens is 200 g/mol. The second-order valence-electron chi connectivity index (χ2n) is 4.08. The Morgan fingerprint density at radius 2 is 2.25 bits per heavy atom. The molecule has 0 amide bonds. The molecule has 1 aromatic rings. The van der Waals surface area contributed by atoms with Crippen LogP contribution >= 0.6 is 0 Å². The molecule has 0 spiro atoms. The molecule has 1 aliphatic rings. The Balaban J connectivity index is 2.39. The van der Waals surface area contributed by atoms with Crippen LogP contribution in [0.2, 0.25) is 0 Å². The summed E-state index contributed by atoms with van der Waals surface area (Å²) in [5.74, 6) is 0. The first-order valence-electron chi connectivity index (χ1n) is 5.51. The van der Waals surface area contributed by atoms with Crippen LogP contribution in [0, 0.1) is 11.3 Å². The Bertz CT molecular complexity index is 435. The summed E-state index contributed by atoms with van der Waals surface area (Å²) < 4.78 is 0. The average molecular weight is 216 g/mol. The number of hydrazine groups is 2. The van der Waals surface area contributed by atoms with Gasteiger partial charge in [0, 0.05) is 13.1 Å². The molecule has 1 unspecified atom stereocenters.